The van der Waals surface area contributed by atoms with Crippen LogP contribution in [0, 0.1) is 13.8 Å². The highest BCUT2D eigenvalue weighted by atomic mass is 32.1. The van der Waals surface area contributed by atoms with Crippen molar-refractivity contribution in [2.75, 3.05) is 0 Å². The van der Waals surface area contributed by atoms with Crippen LogP contribution in [-0.2, 0) is 6.54 Å². The van der Waals surface area contributed by atoms with Gasteiger partial charge in [0.25, 0.3) is 5.91 Å². The number of fused-ring (bicyclic) bond motifs is 1. The van der Waals surface area contributed by atoms with Gasteiger partial charge in [-0.05, 0) is 42.0 Å². The van der Waals surface area contributed by atoms with Crippen LogP contribution in [0.5, 0.6) is 0 Å². The molecule has 0 bridgehead atoms. The molecule has 0 saturated heterocycles. The van der Waals surface area contributed by atoms with Crippen molar-refractivity contribution in [2.24, 2.45) is 0 Å². The lowest BCUT2D eigenvalue weighted by molar-refractivity contribution is 0.0954. The number of rotatable bonds is 3. The van der Waals surface area contributed by atoms with E-state index in [0.29, 0.717) is 6.54 Å². The molecule has 1 aromatic heterocycles. The zero-order valence-electron chi connectivity index (χ0n) is 12.1. The van der Waals surface area contributed by atoms with E-state index in [9.17, 15) is 4.79 Å². The van der Waals surface area contributed by atoms with Crippen LogP contribution in [0.4, 0.5) is 0 Å². The van der Waals surface area contributed by atoms with Crippen molar-refractivity contribution >= 4 is 27.3 Å². The molecular weight excluding hydrogens is 278 g/mol. The molecule has 1 heterocycles. The summed E-state index contributed by atoms with van der Waals surface area (Å²) in [5, 5.41) is 4.20. The highest BCUT2D eigenvalue weighted by Gasteiger charge is 2.14. The molecular formula is C18H17NOS. The lowest BCUT2D eigenvalue weighted by Gasteiger charge is -2.07. The normalized spacial score (nSPS) is 10.8. The van der Waals surface area contributed by atoms with Gasteiger partial charge in [0.1, 0.15) is 0 Å². The predicted molar refractivity (Wildman–Crippen MR) is 88.9 cm³/mol. The van der Waals surface area contributed by atoms with Gasteiger partial charge in [0.05, 0.1) is 4.88 Å². The van der Waals surface area contributed by atoms with Crippen molar-refractivity contribution in [3.8, 4) is 0 Å². The molecule has 0 fully saturated rings. The van der Waals surface area contributed by atoms with Crippen LogP contribution in [0.3, 0.4) is 0 Å². The first-order valence-corrected chi connectivity index (χ1v) is 7.79. The Morgan fingerprint density at radius 3 is 2.52 bits per heavy atom. The molecule has 3 aromatic rings. The maximum atomic E-state index is 12.4. The third-order valence-corrected chi connectivity index (χ3v) is 5.02. The Balaban J connectivity index is 1.81. The molecule has 2 aromatic carbocycles. The van der Waals surface area contributed by atoms with Crippen molar-refractivity contribution in [3.63, 3.8) is 0 Å². The lowest BCUT2D eigenvalue weighted by Crippen LogP contribution is -2.22. The molecule has 3 heteroatoms. The molecule has 2 nitrogen and oxygen atoms in total. The zero-order chi connectivity index (χ0) is 14.8. The quantitative estimate of drug-likeness (QED) is 0.760. The highest BCUT2D eigenvalue weighted by Crippen LogP contribution is 2.30. The Labute approximate surface area is 128 Å². The standard InChI is InChI=1S/C18H17NOS/c1-12-7-3-4-8-14(12)11-19-18(20)17-13(2)15-9-5-6-10-16(15)21-17/h3-10H,11H2,1-2H3,(H,19,20). The van der Waals surface area contributed by atoms with Crippen molar-refractivity contribution in [1.82, 2.24) is 5.32 Å². The van der Waals surface area contributed by atoms with Gasteiger partial charge in [0.15, 0.2) is 0 Å². The molecule has 0 unspecified atom stereocenters. The smallest absolute Gasteiger partial charge is 0.261 e. The summed E-state index contributed by atoms with van der Waals surface area (Å²) in [5.74, 6) is 0.0111. The van der Waals surface area contributed by atoms with E-state index in [1.54, 1.807) is 11.3 Å². The molecule has 0 aliphatic heterocycles. The van der Waals surface area contributed by atoms with Gasteiger partial charge in [-0.15, -0.1) is 11.3 Å². The number of carbonyl (C=O) groups is 1. The van der Waals surface area contributed by atoms with E-state index in [2.05, 4.69) is 30.4 Å². The fourth-order valence-electron chi connectivity index (χ4n) is 2.46. The van der Waals surface area contributed by atoms with Crippen LogP contribution in [0.2, 0.25) is 0 Å². The highest BCUT2D eigenvalue weighted by molar-refractivity contribution is 7.21. The van der Waals surface area contributed by atoms with E-state index in [0.717, 1.165) is 20.7 Å². The monoisotopic (exact) mass is 295 g/mol. The second-order valence-corrected chi connectivity index (χ2v) is 6.21. The minimum absolute atomic E-state index is 0.0111. The largest absolute Gasteiger partial charge is 0.347 e. The van der Waals surface area contributed by atoms with Crippen molar-refractivity contribution in [2.45, 2.75) is 20.4 Å². The molecule has 0 atom stereocenters. The number of hydrogen-bond donors (Lipinski definition) is 1. The van der Waals surface area contributed by atoms with Gasteiger partial charge in [-0.1, -0.05) is 42.5 Å². The first-order valence-electron chi connectivity index (χ1n) is 6.97. The lowest BCUT2D eigenvalue weighted by atomic mass is 10.1. The summed E-state index contributed by atoms with van der Waals surface area (Å²) >= 11 is 1.56. The van der Waals surface area contributed by atoms with Crippen molar-refractivity contribution in [3.05, 3.63) is 70.1 Å². The summed E-state index contributed by atoms with van der Waals surface area (Å²) in [4.78, 5) is 13.2. The third kappa shape index (κ3) is 2.69. The first-order chi connectivity index (χ1) is 10.2. The molecule has 21 heavy (non-hydrogen) atoms. The van der Waals surface area contributed by atoms with Crippen molar-refractivity contribution in [1.29, 1.82) is 0 Å². The minimum Gasteiger partial charge on any atom is -0.347 e. The molecule has 0 spiro atoms. The van der Waals surface area contributed by atoms with E-state index < -0.39 is 0 Å². The van der Waals surface area contributed by atoms with Crippen LogP contribution in [0.15, 0.2) is 48.5 Å². The van der Waals surface area contributed by atoms with E-state index in [1.807, 2.05) is 37.3 Å². The summed E-state index contributed by atoms with van der Waals surface area (Å²) in [5.41, 5.74) is 3.42. The van der Waals surface area contributed by atoms with Crippen LogP contribution < -0.4 is 5.32 Å². The first kappa shape index (κ1) is 13.8. The molecule has 0 aliphatic rings. The molecule has 1 amide bonds. The number of hydrogen-bond acceptors (Lipinski definition) is 2. The summed E-state index contributed by atoms with van der Waals surface area (Å²) in [6.45, 7) is 4.65. The third-order valence-electron chi connectivity index (χ3n) is 3.75. The average molecular weight is 295 g/mol. The van der Waals surface area contributed by atoms with Gasteiger partial charge in [-0.25, -0.2) is 0 Å². The van der Waals surface area contributed by atoms with Gasteiger partial charge in [-0.3, -0.25) is 4.79 Å². The maximum Gasteiger partial charge on any atom is 0.261 e. The average Bonchev–Trinajstić information content (AvgIpc) is 2.84. The second kappa shape index (κ2) is 5.70. The molecule has 106 valence electrons. The molecule has 1 N–H and O–H groups in total. The molecule has 0 saturated carbocycles. The number of thiophene rings is 1. The summed E-state index contributed by atoms with van der Waals surface area (Å²) < 4.78 is 1.16. The van der Waals surface area contributed by atoms with Crippen LogP contribution >= 0.6 is 11.3 Å². The molecule has 0 radical (unpaired) electrons. The molecule has 0 aliphatic carbocycles. The topological polar surface area (TPSA) is 29.1 Å². The minimum atomic E-state index is 0.0111. The summed E-state index contributed by atoms with van der Waals surface area (Å²) in [7, 11) is 0. The van der Waals surface area contributed by atoms with Gasteiger partial charge in [0.2, 0.25) is 0 Å². The van der Waals surface area contributed by atoms with Gasteiger partial charge in [0, 0.05) is 11.2 Å². The second-order valence-electron chi connectivity index (χ2n) is 5.16. The summed E-state index contributed by atoms with van der Waals surface area (Å²) in [6, 6.07) is 16.3. The number of aryl methyl sites for hydroxylation is 2. The van der Waals surface area contributed by atoms with E-state index in [1.165, 1.54) is 10.9 Å². The van der Waals surface area contributed by atoms with E-state index in [4.69, 9.17) is 0 Å². The zero-order valence-corrected chi connectivity index (χ0v) is 13.0. The summed E-state index contributed by atoms with van der Waals surface area (Å²) in [6.07, 6.45) is 0. The van der Waals surface area contributed by atoms with E-state index >= 15 is 0 Å². The van der Waals surface area contributed by atoms with Crippen LogP contribution in [0.1, 0.15) is 26.4 Å². The Morgan fingerprint density at radius 2 is 1.76 bits per heavy atom. The Hall–Kier alpha value is -2.13. The fraction of sp³-hybridized carbons (Fsp3) is 0.167. The maximum absolute atomic E-state index is 12.4. The Morgan fingerprint density at radius 1 is 1.05 bits per heavy atom. The van der Waals surface area contributed by atoms with Gasteiger partial charge in [-0.2, -0.15) is 0 Å². The van der Waals surface area contributed by atoms with Crippen LogP contribution in [-0.4, -0.2) is 5.91 Å². The van der Waals surface area contributed by atoms with Gasteiger partial charge < -0.3 is 5.32 Å². The Kier molecular flexibility index (Phi) is 3.76. The molecule has 3 rings (SSSR count). The Bertz CT molecular complexity index is 804. The number of carbonyl (C=O) groups excluding carboxylic acids is 1. The fourth-order valence-corrected chi connectivity index (χ4v) is 3.58. The number of amides is 1. The SMILES string of the molecule is Cc1ccccc1CNC(=O)c1sc2ccccc2c1C. The predicted octanol–water partition coefficient (Wildman–Crippen LogP) is 4.45. The van der Waals surface area contributed by atoms with Crippen LogP contribution in [0.25, 0.3) is 10.1 Å². The van der Waals surface area contributed by atoms with Crippen molar-refractivity contribution < 1.29 is 4.79 Å². The number of benzene rings is 2. The number of nitrogens with one attached hydrogen (secondary N) is 1. The van der Waals surface area contributed by atoms with Gasteiger partial charge >= 0.3 is 0 Å². The van der Waals surface area contributed by atoms with E-state index in [-0.39, 0.29) is 5.91 Å².